The van der Waals surface area contributed by atoms with Crippen molar-refractivity contribution in [3.8, 4) is 5.75 Å². The minimum Gasteiger partial charge on any atom is -0.493 e. The standard InChI is InChI=1S/C11H12BrNO3/c12-9-3-2-8-7-13(11(14)15)4-1-5-16-10(8)6-9/h2-3,6H,1,4-5,7H2,(H,14,15). The first-order valence-electron chi connectivity index (χ1n) is 5.06. The molecule has 1 N–H and O–H groups in total. The van der Waals surface area contributed by atoms with Gasteiger partial charge in [-0.3, -0.25) is 0 Å². The van der Waals surface area contributed by atoms with E-state index in [2.05, 4.69) is 15.9 Å². The summed E-state index contributed by atoms with van der Waals surface area (Å²) >= 11 is 3.37. The maximum absolute atomic E-state index is 11.0. The Morgan fingerprint density at radius 3 is 3.06 bits per heavy atom. The first kappa shape index (κ1) is 11.3. The van der Waals surface area contributed by atoms with E-state index >= 15 is 0 Å². The van der Waals surface area contributed by atoms with Gasteiger partial charge in [0.25, 0.3) is 0 Å². The van der Waals surface area contributed by atoms with Crippen molar-refractivity contribution in [3.63, 3.8) is 0 Å². The second-order valence-corrected chi connectivity index (χ2v) is 4.57. The second-order valence-electron chi connectivity index (χ2n) is 3.66. The molecule has 0 aliphatic carbocycles. The van der Waals surface area contributed by atoms with E-state index in [1.807, 2.05) is 18.2 Å². The fraction of sp³-hybridized carbons (Fsp3) is 0.364. The van der Waals surface area contributed by atoms with E-state index in [-0.39, 0.29) is 0 Å². The van der Waals surface area contributed by atoms with Gasteiger partial charge in [-0.15, -0.1) is 0 Å². The van der Waals surface area contributed by atoms with Gasteiger partial charge in [-0.1, -0.05) is 22.0 Å². The monoisotopic (exact) mass is 285 g/mol. The number of hydrogen-bond donors (Lipinski definition) is 1. The molecule has 1 aliphatic heterocycles. The first-order valence-corrected chi connectivity index (χ1v) is 5.85. The molecule has 1 amide bonds. The van der Waals surface area contributed by atoms with E-state index in [9.17, 15) is 4.79 Å². The molecule has 0 saturated heterocycles. The summed E-state index contributed by atoms with van der Waals surface area (Å²) in [5, 5.41) is 9.01. The lowest BCUT2D eigenvalue weighted by Crippen LogP contribution is -2.32. The molecule has 16 heavy (non-hydrogen) atoms. The molecule has 4 nitrogen and oxygen atoms in total. The van der Waals surface area contributed by atoms with Gasteiger partial charge < -0.3 is 14.7 Å². The molecule has 5 heteroatoms. The highest BCUT2D eigenvalue weighted by molar-refractivity contribution is 9.10. The lowest BCUT2D eigenvalue weighted by molar-refractivity contribution is 0.134. The predicted molar refractivity (Wildman–Crippen MR) is 62.7 cm³/mol. The predicted octanol–water partition coefficient (Wildman–Crippen LogP) is 2.71. The lowest BCUT2D eigenvalue weighted by Gasteiger charge is -2.24. The van der Waals surface area contributed by atoms with Crippen LogP contribution in [0.3, 0.4) is 0 Å². The largest absolute Gasteiger partial charge is 0.493 e. The summed E-state index contributed by atoms with van der Waals surface area (Å²) in [5.41, 5.74) is 0.908. The Labute approximate surface area is 102 Å². The zero-order valence-corrected chi connectivity index (χ0v) is 10.2. The lowest BCUT2D eigenvalue weighted by atomic mass is 10.1. The molecule has 0 unspecified atom stereocenters. The molecule has 0 bridgehead atoms. The summed E-state index contributed by atoms with van der Waals surface area (Å²) < 4.78 is 6.53. The van der Waals surface area contributed by atoms with Gasteiger partial charge in [0.05, 0.1) is 13.2 Å². The summed E-state index contributed by atoms with van der Waals surface area (Å²) in [5.74, 6) is 0.764. The third-order valence-corrected chi connectivity index (χ3v) is 2.98. The maximum atomic E-state index is 11.0. The summed E-state index contributed by atoms with van der Waals surface area (Å²) in [6, 6.07) is 5.66. The van der Waals surface area contributed by atoms with Crippen molar-refractivity contribution in [1.29, 1.82) is 0 Å². The van der Waals surface area contributed by atoms with Crippen LogP contribution in [-0.4, -0.2) is 29.3 Å². The number of fused-ring (bicyclic) bond motifs is 1. The van der Waals surface area contributed by atoms with Crippen LogP contribution < -0.4 is 4.74 Å². The number of carbonyl (C=O) groups is 1. The fourth-order valence-corrected chi connectivity index (χ4v) is 2.02. The number of halogens is 1. The minimum absolute atomic E-state index is 0.387. The Bertz CT molecular complexity index is 408. The fourth-order valence-electron chi connectivity index (χ4n) is 1.68. The Balaban J connectivity index is 2.29. The summed E-state index contributed by atoms with van der Waals surface area (Å²) in [4.78, 5) is 12.4. The number of amides is 1. The number of carboxylic acid groups (broad SMARTS) is 1. The number of benzene rings is 1. The van der Waals surface area contributed by atoms with Crippen molar-refractivity contribution in [2.45, 2.75) is 13.0 Å². The highest BCUT2D eigenvalue weighted by Crippen LogP contribution is 2.26. The highest BCUT2D eigenvalue weighted by Gasteiger charge is 2.17. The minimum atomic E-state index is -0.879. The van der Waals surface area contributed by atoms with E-state index in [1.54, 1.807) is 0 Å². The number of rotatable bonds is 0. The van der Waals surface area contributed by atoms with Crippen LogP contribution in [0.4, 0.5) is 4.79 Å². The van der Waals surface area contributed by atoms with Gasteiger partial charge in [-0.25, -0.2) is 4.79 Å². The molecule has 2 rings (SSSR count). The first-order chi connectivity index (χ1) is 7.66. The van der Waals surface area contributed by atoms with E-state index < -0.39 is 6.09 Å². The Hall–Kier alpha value is -1.23. The second kappa shape index (κ2) is 4.74. The Kier molecular flexibility index (Phi) is 3.33. The van der Waals surface area contributed by atoms with Crippen molar-refractivity contribution in [1.82, 2.24) is 4.90 Å². The summed E-state index contributed by atoms with van der Waals surface area (Å²) in [6.07, 6.45) is -0.158. The molecule has 0 spiro atoms. The van der Waals surface area contributed by atoms with Gasteiger partial charge in [0.1, 0.15) is 5.75 Å². The van der Waals surface area contributed by atoms with Crippen LogP contribution in [0.5, 0.6) is 5.75 Å². The van der Waals surface area contributed by atoms with Gasteiger partial charge in [-0.2, -0.15) is 0 Å². The number of hydrogen-bond acceptors (Lipinski definition) is 2. The molecule has 1 aromatic rings. The van der Waals surface area contributed by atoms with Crippen LogP contribution in [0.15, 0.2) is 22.7 Å². The summed E-state index contributed by atoms with van der Waals surface area (Å²) in [7, 11) is 0. The van der Waals surface area contributed by atoms with Crippen LogP contribution in [0.2, 0.25) is 0 Å². The van der Waals surface area contributed by atoms with Crippen molar-refractivity contribution < 1.29 is 14.6 Å². The molecule has 1 aromatic carbocycles. The van der Waals surface area contributed by atoms with Crippen LogP contribution in [0.25, 0.3) is 0 Å². The van der Waals surface area contributed by atoms with Crippen molar-refractivity contribution >= 4 is 22.0 Å². The molecular formula is C11H12BrNO3. The molecule has 1 aliphatic rings. The maximum Gasteiger partial charge on any atom is 0.407 e. The van der Waals surface area contributed by atoms with Crippen molar-refractivity contribution in [2.75, 3.05) is 13.2 Å². The van der Waals surface area contributed by atoms with E-state index in [4.69, 9.17) is 9.84 Å². The quantitative estimate of drug-likeness (QED) is 0.797. The molecule has 0 atom stereocenters. The van der Waals surface area contributed by atoms with Crippen LogP contribution in [0.1, 0.15) is 12.0 Å². The zero-order chi connectivity index (χ0) is 11.5. The van der Waals surface area contributed by atoms with Gasteiger partial charge in [-0.05, 0) is 18.6 Å². The van der Waals surface area contributed by atoms with Crippen molar-refractivity contribution in [2.24, 2.45) is 0 Å². The van der Waals surface area contributed by atoms with E-state index in [1.165, 1.54) is 4.90 Å². The Morgan fingerprint density at radius 1 is 1.50 bits per heavy atom. The van der Waals surface area contributed by atoms with Crippen LogP contribution in [-0.2, 0) is 6.54 Å². The third kappa shape index (κ3) is 2.47. The van der Waals surface area contributed by atoms with Crippen LogP contribution >= 0.6 is 15.9 Å². The van der Waals surface area contributed by atoms with E-state index in [0.29, 0.717) is 19.7 Å². The highest BCUT2D eigenvalue weighted by atomic mass is 79.9. The van der Waals surface area contributed by atoms with E-state index in [0.717, 1.165) is 22.2 Å². The molecule has 0 radical (unpaired) electrons. The third-order valence-electron chi connectivity index (χ3n) is 2.49. The normalized spacial score (nSPS) is 15.7. The summed E-state index contributed by atoms with van der Waals surface area (Å²) in [6.45, 7) is 1.45. The topological polar surface area (TPSA) is 49.8 Å². The SMILES string of the molecule is O=C(O)N1CCCOc2cc(Br)ccc2C1. The van der Waals surface area contributed by atoms with Gasteiger partial charge in [0.2, 0.25) is 0 Å². The average Bonchev–Trinajstić information content (AvgIpc) is 2.20. The Morgan fingerprint density at radius 2 is 2.31 bits per heavy atom. The molecular weight excluding hydrogens is 274 g/mol. The molecule has 0 aromatic heterocycles. The number of nitrogens with zero attached hydrogens (tertiary/aromatic N) is 1. The van der Waals surface area contributed by atoms with Gasteiger partial charge in [0.15, 0.2) is 0 Å². The van der Waals surface area contributed by atoms with Crippen LogP contribution in [0, 0.1) is 0 Å². The van der Waals surface area contributed by atoms with Crippen molar-refractivity contribution in [3.05, 3.63) is 28.2 Å². The number of ether oxygens (including phenoxy) is 1. The average molecular weight is 286 g/mol. The molecule has 0 saturated carbocycles. The van der Waals surface area contributed by atoms with Gasteiger partial charge >= 0.3 is 6.09 Å². The smallest absolute Gasteiger partial charge is 0.407 e. The molecule has 0 fully saturated rings. The van der Waals surface area contributed by atoms with Gasteiger partial charge in [0, 0.05) is 16.6 Å². The zero-order valence-electron chi connectivity index (χ0n) is 8.65. The molecule has 86 valence electrons. The molecule has 1 heterocycles.